The molecular formula is C14H13F3N2O3. The van der Waals surface area contributed by atoms with Crippen molar-refractivity contribution in [3.8, 4) is 0 Å². The van der Waals surface area contributed by atoms with Crippen molar-refractivity contribution in [2.75, 3.05) is 6.54 Å². The van der Waals surface area contributed by atoms with E-state index in [1.54, 1.807) is 0 Å². The quantitative estimate of drug-likeness (QED) is 0.869. The van der Waals surface area contributed by atoms with E-state index in [-0.39, 0.29) is 5.56 Å². The number of halogens is 3. The van der Waals surface area contributed by atoms with Crippen molar-refractivity contribution < 1.29 is 27.6 Å². The average Bonchev–Trinajstić information content (AvgIpc) is 2.62. The van der Waals surface area contributed by atoms with Gasteiger partial charge in [0.05, 0.1) is 12.1 Å². The van der Waals surface area contributed by atoms with Crippen LogP contribution in [0, 0.1) is 0 Å². The van der Waals surface area contributed by atoms with E-state index in [0.717, 1.165) is 12.1 Å². The second-order valence-corrected chi connectivity index (χ2v) is 5.19. The molecule has 1 aliphatic rings. The maximum Gasteiger partial charge on any atom is 0.416 e. The van der Waals surface area contributed by atoms with E-state index < -0.39 is 41.5 Å². The molecular weight excluding hydrogens is 301 g/mol. The molecule has 8 heteroatoms. The van der Waals surface area contributed by atoms with E-state index in [9.17, 15) is 27.6 Å². The summed E-state index contributed by atoms with van der Waals surface area (Å²) < 4.78 is 39.3. The number of hydrogen-bond donors (Lipinski definition) is 1. The third-order valence-corrected chi connectivity index (χ3v) is 3.43. The van der Waals surface area contributed by atoms with E-state index >= 15 is 0 Å². The van der Waals surface area contributed by atoms with Gasteiger partial charge >= 0.3 is 12.2 Å². The first-order chi connectivity index (χ1) is 10.1. The van der Waals surface area contributed by atoms with Gasteiger partial charge < -0.3 is 5.32 Å². The van der Waals surface area contributed by atoms with Gasteiger partial charge in [0.2, 0.25) is 0 Å². The van der Waals surface area contributed by atoms with Crippen LogP contribution >= 0.6 is 0 Å². The number of hydrogen-bond acceptors (Lipinski definition) is 3. The Hall–Kier alpha value is -2.38. The lowest BCUT2D eigenvalue weighted by molar-refractivity contribution is -0.140. The van der Waals surface area contributed by atoms with Crippen molar-refractivity contribution in [1.29, 1.82) is 0 Å². The lowest BCUT2D eigenvalue weighted by Gasteiger charge is -2.25. The Morgan fingerprint density at radius 3 is 2.41 bits per heavy atom. The first kappa shape index (κ1) is 16.0. The molecule has 3 amide bonds. The van der Waals surface area contributed by atoms with Gasteiger partial charge in [0.15, 0.2) is 0 Å². The molecule has 1 unspecified atom stereocenters. The molecule has 1 saturated heterocycles. The van der Waals surface area contributed by atoms with Crippen molar-refractivity contribution in [2.45, 2.75) is 25.6 Å². The first-order valence-corrected chi connectivity index (χ1v) is 6.37. The molecule has 1 aromatic rings. The predicted molar refractivity (Wildman–Crippen MR) is 69.7 cm³/mol. The van der Waals surface area contributed by atoms with Crippen LogP contribution in [0.1, 0.15) is 25.0 Å². The molecule has 2 rings (SSSR count). The lowest BCUT2D eigenvalue weighted by atomic mass is 9.87. The van der Waals surface area contributed by atoms with Gasteiger partial charge in [0.25, 0.3) is 5.91 Å². The third-order valence-electron chi connectivity index (χ3n) is 3.43. The molecule has 1 aromatic carbocycles. The highest BCUT2D eigenvalue weighted by Gasteiger charge is 2.52. The van der Waals surface area contributed by atoms with Crippen LogP contribution in [-0.2, 0) is 21.3 Å². The number of carbonyl (C=O) groups excluding carboxylic acids is 3. The van der Waals surface area contributed by atoms with Crippen molar-refractivity contribution >= 4 is 17.7 Å². The molecule has 0 aliphatic carbocycles. The molecule has 5 nitrogen and oxygen atoms in total. The minimum atomic E-state index is -4.67. The van der Waals surface area contributed by atoms with Gasteiger partial charge in [-0.15, -0.1) is 0 Å². The van der Waals surface area contributed by atoms with E-state index in [4.69, 9.17) is 0 Å². The van der Waals surface area contributed by atoms with E-state index in [1.807, 2.05) is 0 Å². The third kappa shape index (κ3) is 2.56. The van der Waals surface area contributed by atoms with Gasteiger partial charge in [0.1, 0.15) is 11.3 Å². The Morgan fingerprint density at radius 1 is 1.27 bits per heavy atom. The van der Waals surface area contributed by atoms with E-state index in [2.05, 4.69) is 5.32 Å². The second kappa shape index (κ2) is 5.11. The molecule has 0 bridgehead atoms. The number of nitrogens with zero attached hydrogens (tertiary/aromatic N) is 1. The number of carbonyl (C=O) groups is 3. The summed E-state index contributed by atoms with van der Waals surface area (Å²) in [7, 11) is 0. The molecule has 1 N–H and O–H groups in total. The minimum absolute atomic E-state index is 0.355. The van der Waals surface area contributed by atoms with Crippen LogP contribution in [0.2, 0.25) is 0 Å². The molecule has 1 atom stereocenters. The van der Waals surface area contributed by atoms with Crippen LogP contribution in [0.25, 0.3) is 0 Å². The number of rotatable bonds is 3. The van der Waals surface area contributed by atoms with Crippen molar-refractivity contribution in [3.05, 3.63) is 35.4 Å². The zero-order chi connectivity index (χ0) is 16.7. The Bertz CT molecular complexity index is 657. The van der Waals surface area contributed by atoms with Gasteiger partial charge in [-0.25, -0.2) is 4.79 Å². The minimum Gasteiger partial charge on any atom is -0.319 e. The van der Waals surface area contributed by atoms with E-state index in [0.29, 0.717) is 4.90 Å². The van der Waals surface area contributed by atoms with Gasteiger partial charge in [-0.1, -0.05) is 18.2 Å². The number of alkyl halides is 3. The number of Topliss-reactive ketones (excluding diaryl/α,β-unsaturated/α-hetero) is 1. The number of urea groups is 1. The average molecular weight is 314 g/mol. The summed E-state index contributed by atoms with van der Waals surface area (Å²) in [6.45, 7) is 1.90. The Kier molecular flexibility index (Phi) is 3.72. The lowest BCUT2D eigenvalue weighted by Crippen LogP contribution is -2.42. The molecule has 0 aromatic heterocycles. The zero-order valence-electron chi connectivity index (χ0n) is 11.8. The summed E-state index contributed by atoms with van der Waals surface area (Å²) in [6.07, 6.45) is -4.67. The Morgan fingerprint density at radius 2 is 1.86 bits per heavy atom. The standard InChI is InChI=1S/C14H13F3N2O3/c1-8(20)7-19-11(21)13(2,18-12(19)22)9-5-3-4-6-10(9)14(15,16)17/h3-6H,7H2,1-2H3,(H,18,22). The highest BCUT2D eigenvalue weighted by atomic mass is 19.4. The normalized spacial score (nSPS) is 22.0. The topological polar surface area (TPSA) is 66.5 Å². The number of amides is 3. The van der Waals surface area contributed by atoms with Crippen molar-refractivity contribution in [2.24, 2.45) is 0 Å². The summed E-state index contributed by atoms with van der Waals surface area (Å²) in [6, 6.07) is 3.64. The molecule has 22 heavy (non-hydrogen) atoms. The fraction of sp³-hybridized carbons (Fsp3) is 0.357. The highest BCUT2D eigenvalue weighted by molar-refractivity contribution is 6.09. The molecule has 0 radical (unpaired) electrons. The summed E-state index contributed by atoms with van der Waals surface area (Å²) >= 11 is 0. The number of ketones is 1. The Balaban J connectivity index is 2.52. The van der Waals surface area contributed by atoms with Crippen LogP contribution in [0.15, 0.2) is 24.3 Å². The number of nitrogens with one attached hydrogen (secondary N) is 1. The largest absolute Gasteiger partial charge is 0.416 e. The fourth-order valence-corrected chi connectivity index (χ4v) is 2.41. The van der Waals surface area contributed by atoms with Crippen molar-refractivity contribution in [1.82, 2.24) is 10.2 Å². The van der Waals surface area contributed by atoms with Gasteiger partial charge in [-0.2, -0.15) is 13.2 Å². The van der Waals surface area contributed by atoms with Gasteiger partial charge in [-0.05, 0) is 25.5 Å². The van der Waals surface area contributed by atoms with E-state index in [1.165, 1.54) is 26.0 Å². The molecule has 0 spiro atoms. The van der Waals surface area contributed by atoms with Crippen LogP contribution in [0.3, 0.4) is 0 Å². The van der Waals surface area contributed by atoms with Crippen LogP contribution in [0.4, 0.5) is 18.0 Å². The van der Waals surface area contributed by atoms with Gasteiger partial charge in [0, 0.05) is 0 Å². The van der Waals surface area contributed by atoms with Crippen LogP contribution in [-0.4, -0.2) is 29.2 Å². The molecule has 1 heterocycles. The molecule has 1 aliphatic heterocycles. The monoisotopic (exact) mass is 314 g/mol. The first-order valence-electron chi connectivity index (χ1n) is 6.37. The second-order valence-electron chi connectivity index (χ2n) is 5.19. The summed E-state index contributed by atoms with van der Waals surface area (Å²) in [4.78, 5) is 35.9. The predicted octanol–water partition coefficient (Wildman–Crippen LogP) is 2.06. The molecule has 0 saturated carbocycles. The summed E-state index contributed by atoms with van der Waals surface area (Å²) in [5.41, 5.74) is -3.22. The molecule has 1 fully saturated rings. The SMILES string of the molecule is CC(=O)CN1C(=O)NC(C)(c2ccccc2C(F)(F)F)C1=O. The zero-order valence-corrected chi connectivity index (χ0v) is 11.8. The summed E-state index contributed by atoms with van der Waals surface area (Å²) in [5.74, 6) is -1.33. The van der Waals surface area contributed by atoms with Gasteiger partial charge in [-0.3, -0.25) is 14.5 Å². The molecule has 118 valence electrons. The van der Waals surface area contributed by atoms with Crippen LogP contribution in [0.5, 0.6) is 0 Å². The van der Waals surface area contributed by atoms with Crippen molar-refractivity contribution in [3.63, 3.8) is 0 Å². The fourth-order valence-electron chi connectivity index (χ4n) is 2.41. The maximum atomic E-state index is 13.1. The smallest absolute Gasteiger partial charge is 0.319 e. The number of benzene rings is 1. The highest BCUT2D eigenvalue weighted by Crippen LogP contribution is 2.39. The Labute approximate surface area is 124 Å². The number of imide groups is 1. The maximum absolute atomic E-state index is 13.1. The summed E-state index contributed by atoms with van der Waals surface area (Å²) in [5, 5.41) is 2.25. The van der Waals surface area contributed by atoms with Crippen LogP contribution < -0.4 is 5.32 Å².